The predicted octanol–water partition coefficient (Wildman–Crippen LogP) is 0.385. The molecule has 1 amide bonds. The van der Waals surface area contributed by atoms with E-state index in [1.54, 1.807) is 0 Å². The van der Waals surface area contributed by atoms with Crippen molar-refractivity contribution in [3.63, 3.8) is 0 Å². The van der Waals surface area contributed by atoms with Gasteiger partial charge < -0.3 is 15.3 Å². The molecule has 10 heteroatoms. The molecule has 0 spiro atoms. The third kappa shape index (κ3) is 4.50. The molecule has 1 aromatic heterocycles. The summed E-state index contributed by atoms with van der Waals surface area (Å²) in [5, 5.41) is 2.84. The van der Waals surface area contributed by atoms with Gasteiger partial charge in [-0.15, -0.1) is 0 Å². The van der Waals surface area contributed by atoms with Gasteiger partial charge in [0.15, 0.2) is 0 Å². The summed E-state index contributed by atoms with van der Waals surface area (Å²) in [4.78, 5) is 40.3. The Morgan fingerprint density at radius 1 is 1.00 bits per heavy atom. The zero-order chi connectivity index (χ0) is 21.3. The first-order valence-corrected chi connectivity index (χ1v) is 10.9. The van der Waals surface area contributed by atoms with E-state index >= 15 is 0 Å². The molecular formula is C20H20N4O5S. The maximum atomic E-state index is 13.0. The van der Waals surface area contributed by atoms with Crippen molar-refractivity contribution < 1.29 is 13.2 Å². The minimum atomic E-state index is -4.08. The minimum absolute atomic E-state index is 0.0860. The highest BCUT2D eigenvalue weighted by atomic mass is 32.2. The van der Waals surface area contributed by atoms with Crippen LogP contribution in [0.25, 0.3) is 11.0 Å². The molecule has 0 aliphatic heterocycles. The van der Waals surface area contributed by atoms with Crippen LogP contribution in [0, 0.1) is 0 Å². The van der Waals surface area contributed by atoms with E-state index in [2.05, 4.69) is 20.0 Å². The van der Waals surface area contributed by atoms with Crippen LogP contribution in [0.15, 0.2) is 63.0 Å². The van der Waals surface area contributed by atoms with Crippen LogP contribution in [0.3, 0.4) is 0 Å². The molecule has 0 bridgehead atoms. The van der Waals surface area contributed by atoms with E-state index in [1.165, 1.54) is 18.2 Å². The van der Waals surface area contributed by atoms with Crippen LogP contribution in [0.4, 0.5) is 0 Å². The quantitative estimate of drug-likeness (QED) is 0.403. The third-order valence-electron chi connectivity index (χ3n) is 4.82. The van der Waals surface area contributed by atoms with Gasteiger partial charge in [0.2, 0.25) is 15.9 Å². The van der Waals surface area contributed by atoms with Crippen molar-refractivity contribution in [1.82, 2.24) is 20.0 Å². The molecule has 1 heterocycles. The Morgan fingerprint density at radius 2 is 1.67 bits per heavy atom. The number of carbonyl (C=O) groups is 1. The first kappa shape index (κ1) is 20.0. The second-order valence-electron chi connectivity index (χ2n) is 7.26. The zero-order valence-corrected chi connectivity index (χ0v) is 16.7. The number of benzene rings is 2. The van der Waals surface area contributed by atoms with E-state index < -0.39 is 27.2 Å². The highest BCUT2D eigenvalue weighted by Crippen LogP contribution is 2.20. The van der Waals surface area contributed by atoms with Gasteiger partial charge in [-0.1, -0.05) is 30.3 Å². The van der Waals surface area contributed by atoms with E-state index in [-0.39, 0.29) is 28.8 Å². The van der Waals surface area contributed by atoms with Gasteiger partial charge in [-0.05, 0) is 43.0 Å². The Labute approximate surface area is 171 Å². The molecule has 1 unspecified atom stereocenters. The lowest BCUT2D eigenvalue weighted by atomic mass is 10.1. The average molecular weight is 428 g/mol. The molecule has 0 saturated heterocycles. The number of carbonyl (C=O) groups excluding carboxylic acids is 1. The number of fused-ring (bicyclic) bond motifs is 1. The van der Waals surface area contributed by atoms with Crippen molar-refractivity contribution in [2.24, 2.45) is 0 Å². The predicted molar refractivity (Wildman–Crippen MR) is 111 cm³/mol. The maximum Gasteiger partial charge on any atom is 0.314 e. The van der Waals surface area contributed by atoms with E-state index in [0.29, 0.717) is 5.52 Å². The van der Waals surface area contributed by atoms with Crippen molar-refractivity contribution in [3.05, 3.63) is 74.8 Å². The van der Waals surface area contributed by atoms with E-state index in [4.69, 9.17) is 0 Å². The standard InChI is InChI=1S/C20H20N4O5S/c25-18(21-13-6-7-13)17(10-12-4-2-1-3-5-12)24-30(28,29)14-8-9-15-16(11-14)23-20(27)19(26)22-15/h1-5,8-9,11,13,17,24H,6-7,10H2,(H,21,25)(H,22,26)(H,23,27). The number of aromatic nitrogens is 2. The topological polar surface area (TPSA) is 141 Å². The van der Waals surface area contributed by atoms with E-state index in [9.17, 15) is 22.8 Å². The normalized spacial score (nSPS) is 15.1. The third-order valence-corrected chi connectivity index (χ3v) is 6.29. The number of nitrogens with one attached hydrogen (secondary N) is 4. The number of sulfonamides is 1. The van der Waals surface area contributed by atoms with Gasteiger partial charge in [0.05, 0.1) is 15.9 Å². The van der Waals surface area contributed by atoms with Gasteiger partial charge >= 0.3 is 11.1 Å². The summed E-state index contributed by atoms with van der Waals surface area (Å²) < 4.78 is 28.4. The summed E-state index contributed by atoms with van der Waals surface area (Å²) in [6.45, 7) is 0. The van der Waals surface area contributed by atoms with Gasteiger partial charge in [-0.3, -0.25) is 14.4 Å². The van der Waals surface area contributed by atoms with Crippen molar-refractivity contribution >= 4 is 27.0 Å². The Balaban J connectivity index is 1.64. The Kier molecular flexibility index (Phi) is 5.27. The second kappa shape index (κ2) is 7.88. The molecule has 156 valence electrons. The summed E-state index contributed by atoms with van der Waals surface area (Å²) in [5.74, 6) is -0.386. The van der Waals surface area contributed by atoms with Crippen LogP contribution in [0.2, 0.25) is 0 Å². The monoisotopic (exact) mass is 428 g/mol. The maximum absolute atomic E-state index is 13.0. The molecule has 1 saturated carbocycles. The minimum Gasteiger partial charge on any atom is -0.352 e. The van der Waals surface area contributed by atoms with E-state index in [1.807, 2.05) is 30.3 Å². The first-order valence-electron chi connectivity index (χ1n) is 9.45. The zero-order valence-electron chi connectivity index (χ0n) is 15.8. The molecule has 9 nitrogen and oxygen atoms in total. The van der Waals surface area contributed by atoms with Gasteiger partial charge in [-0.2, -0.15) is 4.72 Å². The smallest absolute Gasteiger partial charge is 0.314 e. The first-order chi connectivity index (χ1) is 14.3. The van der Waals surface area contributed by atoms with Crippen LogP contribution < -0.4 is 21.2 Å². The molecule has 4 N–H and O–H groups in total. The molecule has 3 aromatic rings. The Hall–Kier alpha value is -3.24. The lowest BCUT2D eigenvalue weighted by Gasteiger charge is -2.19. The van der Waals surface area contributed by atoms with Crippen LogP contribution in [0.5, 0.6) is 0 Å². The van der Waals surface area contributed by atoms with Crippen molar-refractivity contribution in [2.75, 3.05) is 0 Å². The summed E-state index contributed by atoms with van der Waals surface area (Å²) in [7, 11) is -4.08. The molecule has 1 aliphatic rings. The van der Waals surface area contributed by atoms with Crippen LogP contribution >= 0.6 is 0 Å². The van der Waals surface area contributed by atoms with Crippen LogP contribution in [-0.4, -0.2) is 36.4 Å². The molecular weight excluding hydrogens is 408 g/mol. The average Bonchev–Trinajstić information content (AvgIpc) is 3.52. The lowest BCUT2D eigenvalue weighted by Crippen LogP contribution is -2.48. The van der Waals surface area contributed by atoms with Crippen LogP contribution in [0.1, 0.15) is 18.4 Å². The molecule has 1 aliphatic carbocycles. The van der Waals surface area contributed by atoms with Gasteiger partial charge in [0.1, 0.15) is 6.04 Å². The van der Waals surface area contributed by atoms with Crippen molar-refractivity contribution in [3.8, 4) is 0 Å². The summed E-state index contributed by atoms with van der Waals surface area (Å²) in [5.41, 5.74) is -0.418. The lowest BCUT2D eigenvalue weighted by molar-refractivity contribution is -0.122. The fourth-order valence-electron chi connectivity index (χ4n) is 3.08. The molecule has 1 fully saturated rings. The summed E-state index contributed by atoms with van der Waals surface area (Å²) in [6.07, 6.45) is 1.95. The second-order valence-corrected chi connectivity index (χ2v) is 8.98. The van der Waals surface area contributed by atoms with Gasteiger partial charge in [-0.25, -0.2) is 8.42 Å². The van der Waals surface area contributed by atoms with Crippen LogP contribution in [-0.2, 0) is 21.2 Å². The fourth-order valence-corrected chi connectivity index (χ4v) is 4.30. The molecule has 30 heavy (non-hydrogen) atoms. The van der Waals surface area contributed by atoms with E-state index in [0.717, 1.165) is 18.4 Å². The highest BCUT2D eigenvalue weighted by Gasteiger charge is 2.30. The van der Waals surface area contributed by atoms with Crippen molar-refractivity contribution in [2.45, 2.75) is 36.2 Å². The highest BCUT2D eigenvalue weighted by molar-refractivity contribution is 7.89. The number of aromatic amines is 2. The van der Waals surface area contributed by atoms with Gasteiger partial charge in [0.25, 0.3) is 0 Å². The molecule has 2 aromatic carbocycles. The van der Waals surface area contributed by atoms with Crippen molar-refractivity contribution in [1.29, 1.82) is 0 Å². The van der Waals surface area contributed by atoms with Gasteiger partial charge in [0, 0.05) is 6.04 Å². The largest absolute Gasteiger partial charge is 0.352 e. The number of hydrogen-bond donors (Lipinski definition) is 4. The fraction of sp³-hybridized carbons (Fsp3) is 0.250. The number of amides is 1. The Morgan fingerprint density at radius 3 is 2.33 bits per heavy atom. The molecule has 1 atom stereocenters. The number of rotatable bonds is 7. The summed E-state index contributed by atoms with van der Waals surface area (Å²) in [6, 6.07) is 12.1. The number of H-pyrrole nitrogens is 2. The summed E-state index contributed by atoms with van der Waals surface area (Å²) >= 11 is 0. The molecule has 4 rings (SSSR count). The molecule has 0 radical (unpaired) electrons. The number of hydrogen-bond acceptors (Lipinski definition) is 5. The SMILES string of the molecule is O=C(NC1CC1)C(Cc1ccccc1)NS(=O)(=O)c1ccc2[nH]c(=O)c(=O)[nH]c2c1. The Bertz CT molecular complexity index is 1310.